The van der Waals surface area contributed by atoms with Gasteiger partial charge in [0.2, 0.25) is 5.95 Å². The van der Waals surface area contributed by atoms with Crippen LogP contribution in [0.4, 0.5) is 11.8 Å². The number of aryl methyl sites for hydroxylation is 1. The lowest BCUT2D eigenvalue weighted by Crippen LogP contribution is -2.45. The molecule has 0 aliphatic carbocycles. The van der Waals surface area contributed by atoms with Gasteiger partial charge in [-0.3, -0.25) is 0 Å². The van der Waals surface area contributed by atoms with E-state index in [9.17, 15) is 0 Å². The van der Waals surface area contributed by atoms with Crippen LogP contribution < -0.4 is 9.80 Å². The topological polar surface area (TPSA) is 50.7 Å². The molecule has 3 aliphatic heterocycles. The maximum atomic E-state index is 5.83. The van der Waals surface area contributed by atoms with E-state index in [1.807, 2.05) is 0 Å². The molecule has 24 heavy (non-hydrogen) atoms. The molecule has 0 N–H and O–H groups in total. The summed E-state index contributed by atoms with van der Waals surface area (Å²) in [6, 6.07) is 2.10. The molecule has 1 spiro atoms. The zero-order valence-corrected chi connectivity index (χ0v) is 14.8. The van der Waals surface area contributed by atoms with Crippen LogP contribution >= 0.6 is 0 Å². The zero-order valence-electron chi connectivity index (χ0n) is 14.8. The number of aromatic nitrogens is 2. The number of hydrogen-bond acceptors (Lipinski definition) is 6. The summed E-state index contributed by atoms with van der Waals surface area (Å²) in [7, 11) is 0. The van der Waals surface area contributed by atoms with Crippen molar-refractivity contribution in [2.45, 2.75) is 45.3 Å². The van der Waals surface area contributed by atoms with Gasteiger partial charge in [0.25, 0.3) is 0 Å². The Morgan fingerprint density at radius 2 is 1.83 bits per heavy atom. The van der Waals surface area contributed by atoms with Crippen molar-refractivity contribution >= 4 is 11.8 Å². The van der Waals surface area contributed by atoms with Gasteiger partial charge < -0.3 is 19.3 Å². The highest BCUT2D eigenvalue weighted by Gasteiger charge is 2.40. The zero-order chi connectivity index (χ0) is 16.6. The number of anilines is 2. The smallest absolute Gasteiger partial charge is 0.227 e. The van der Waals surface area contributed by atoms with E-state index in [2.05, 4.69) is 29.7 Å². The van der Waals surface area contributed by atoms with E-state index in [0.717, 1.165) is 75.6 Å². The van der Waals surface area contributed by atoms with Crippen LogP contribution in [0.25, 0.3) is 0 Å². The van der Waals surface area contributed by atoms with Gasteiger partial charge in [0.15, 0.2) is 5.79 Å². The number of rotatable bonds is 2. The number of ether oxygens (including phenoxy) is 2. The van der Waals surface area contributed by atoms with E-state index in [1.165, 1.54) is 12.8 Å². The second-order valence-electron chi connectivity index (χ2n) is 7.46. The summed E-state index contributed by atoms with van der Waals surface area (Å²) in [5.41, 5.74) is 1.04. The van der Waals surface area contributed by atoms with Crippen molar-refractivity contribution in [3.05, 3.63) is 11.8 Å². The lowest BCUT2D eigenvalue weighted by atomic mass is 10.0. The Labute approximate surface area is 144 Å². The highest BCUT2D eigenvalue weighted by molar-refractivity contribution is 5.46. The summed E-state index contributed by atoms with van der Waals surface area (Å²) in [6.07, 6.45) is 4.36. The number of hydrogen-bond donors (Lipinski definition) is 0. The first-order valence-corrected chi connectivity index (χ1v) is 9.27. The Morgan fingerprint density at radius 1 is 1.08 bits per heavy atom. The molecule has 1 aromatic heterocycles. The second-order valence-corrected chi connectivity index (χ2v) is 7.46. The van der Waals surface area contributed by atoms with E-state index < -0.39 is 0 Å². The van der Waals surface area contributed by atoms with E-state index in [-0.39, 0.29) is 5.79 Å². The van der Waals surface area contributed by atoms with Crippen LogP contribution in [0.5, 0.6) is 0 Å². The third-order valence-electron chi connectivity index (χ3n) is 5.43. The SMILES string of the molecule is Cc1cc(N2CCC3(CC2)OCCO3)nc(N2CCCC(C)C2)n1. The molecule has 1 unspecified atom stereocenters. The maximum absolute atomic E-state index is 5.83. The van der Waals surface area contributed by atoms with E-state index in [1.54, 1.807) is 0 Å². The third kappa shape index (κ3) is 3.22. The Bertz CT molecular complexity index is 578. The number of piperidine rings is 2. The fourth-order valence-corrected chi connectivity index (χ4v) is 4.07. The van der Waals surface area contributed by atoms with Crippen molar-refractivity contribution in [1.29, 1.82) is 0 Å². The van der Waals surface area contributed by atoms with Crippen molar-refractivity contribution in [3.63, 3.8) is 0 Å². The molecular weight excluding hydrogens is 304 g/mol. The normalized spacial score (nSPS) is 27.0. The molecule has 0 saturated carbocycles. The second kappa shape index (κ2) is 6.48. The van der Waals surface area contributed by atoms with Gasteiger partial charge in [-0.05, 0) is 25.7 Å². The highest BCUT2D eigenvalue weighted by atomic mass is 16.7. The van der Waals surface area contributed by atoms with Gasteiger partial charge in [0, 0.05) is 50.8 Å². The monoisotopic (exact) mass is 332 g/mol. The molecule has 3 saturated heterocycles. The average molecular weight is 332 g/mol. The predicted molar refractivity (Wildman–Crippen MR) is 93.5 cm³/mol. The molecule has 0 amide bonds. The van der Waals surface area contributed by atoms with Crippen LogP contribution in [-0.4, -0.2) is 55.1 Å². The minimum absolute atomic E-state index is 0.330. The Hall–Kier alpha value is -1.40. The molecule has 0 bridgehead atoms. The quantitative estimate of drug-likeness (QED) is 0.829. The standard InChI is InChI=1S/C18H28N4O2/c1-14-4-3-7-22(13-14)17-19-15(2)12-16(20-17)21-8-5-18(6-9-21)23-10-11-24-18/h12,14H,3-11,13H2,1-2H3. The summed E-state index contributed by atoms with van der Waals surface area (Å²) < 4.78 is 11.7. The maximum Gasteiger partial charge on any atom is 0.227 e. The lowest BCUT2D eigenvalue weighted by Gasteiger charge is -2.38. The van der Waals surface area contributed by atoms with Gasteiger partial charge >= 0.3 is 0 Å². The molecule has 1 atom stereocenters. The Morgan fingerprint density at radius 3 is 2.54 bits per heavy atom. The van der Waals surface area contributed by atoms with Crippen LogP contribution in [0.2, 0.25) is 0 Å². The molecular formula is C18H28N4O2. The molecule has 4 rings (SSSR count). The molecule has 132 valence electrons. The first-order valence-electron chi connectivity index (χ1n) is 9.27. The highest BCUT2D eigenvalue weighted by Crippen LogP contribution is 2.33. The van der Waals surface area contributed by atoms with Crippen molar-refractivity contribution < 1.29 is 9.47 Å². The van der Waals surface area contributed by atoms with Gasteiger partial charge in [0.1, 0.15) is 5.82 Å². The van der Waals surface area contributed by atoms with Crippen LogP contribution in [0, 0.1) is 12.8 Å². The molecule has 3 aliphatic rings. The summed E-state index contributed by atoms with van der Waals surface area (Å²) in [4.78, 5) is 14.3. The van der Waals surface area contributed by atoms with Gasteiger partial charge in [-0.1, -0.05) is 6.92 Å². The van der Waals surface area contributed by atoms with Crippen LogP contribution in [0.1, 0.15) is 38.3 Å². The molecule has 0 radical (unpaired) electrons. The first-order chi connectivity index (χ1) is 11.6. The van der Waals surface area contributed by atoms with E-state index >= 15 is 0 Å². The minimum Gasteiger partial charge on any atom is -0.356 e. The van der Waals surface area contributed by atoms with Crippen LogP contribution in [-0.2, 0) is 9.47 Å². The molecule has 6 heteroatoms. The summed E-state index contributed by atoms with van der Waals surface area (Å²) in [5, 5.41) is 0. The van der Waals surface area contributed by atoms with Gasteiger partial charge in [0.05, 0.1) is 13.2 Å². The van der Waals surface area contributed by atoms with Gasteiger partial charge in [-0.25, -0.2) is 4.98 Å². The van der Waals surface area contributed by atoms with Crippen molar-refractivity contribution in [2.24, 2.45) is 5.92 Å². The third-order valence-corrected chi connectivity index (χ3v) is 5.43. The van der Waals surface area contributed by atoms with Gasteiger partial charge in [-0.2, -0.15) is 4.98 Å². The minimum atomic E-state index is -0.330. The summed E-state index contributed by atoms with van der Waals surface area (Å²) in [6.45, 7) is 9.81. The van der Waals surface area contributed by atoms with Crippen LogP contribution in [0.15, 0.2) is 6.07 Å². The predicted octanol–water partition coefficient (Wildman–Crippen LogP) is 2.36. The fraction of sp³-hybridized carbons (Fsp3) is 0.778. The van der Waals surface area contributed by atoms with Crippen molar-refractivity contribution in [2.75, 3.05) is 49.2 Å². The molecule has 6 nitrogen and oxygen atoms in total. The Balaban J connectivity index is 1.49. The van der Waals surface area contributed by atoms with Gasteiger partial charge in [-0.15, -0.1) is 0 Å². The van der Waals surface area contributed by atoms with E-state index in [0.29, 0.717) is 0 Å². The fourth-order valence-electron chi connectivity index (χ4n) is 4.07. The van der Waals surface area contributed by atoms with Crippen molar-refractivity contribution in [1.82, 2.24) is 9.97 Å². The number of nitrogens with zero attached hydrogens (tertiary/aromatic N) is 4. The average Bonchev–Trinajstić information content (AvgIpc) is 3.03. The summed E-state index contributed by atoms with van der Waals surface area (Å²) in [5.74, 6) is 2.33. The largest absolute Gasteiger partial charge is 0.356 e. The molecule has 1 aromatic rings. The molecule has 3 fully saturated rings. The van der Waals surface area contributed by atoms with Crippen molar-refractivity contribution in [3.8, 4) is 0 Å². The lowest BCUT2D eigenvalue weighted by molar-refractivity contribution is -0.169. The Kier molecular flexibility index (Phi) is 4.35. The van der Waals surface area contributed by atoms with Crippen LogP contribution in [0.3, 0.4) is 0 Å². The molecule has 4 heterocycles. The summed E-state index contributed by atoms with van der Waals surface area (Å²) >= 11 is 0. The van der Waals surface area contributed by atoms with E-state index in [4.69, 9.17) is 19.4 Å². The molecule has 0 aromatic carbocycles. The first kappa shape index (κ1) is 16.1.